The Kier molecular flexibility index (Phi) is 8.65. The third kappa shape index (κ3) is 6.36. The van der Waals surface area contributed by atoms with Crippen molar-refractivity contribution in [1.29, 1.82) is 0 Å². The molecule has 2 fully saturated rings. The molecule has 7 heteroatoms. The Bertz CT molecular complexity index is 778. The van der Waals surface area contributed by atoms with Gasteiger partial charge >= 0.3 is 0 Å². The maximum absolute atomic E-state index is 13.0. The fourth-order valence-corrected chi connectivity index (χ4v) is 5.04. The molecule has 3 rings (SSSR count). The highest BCUT2D eigenvalue weighted by molar-refractivity contribution is 6.42. The fourth-order valence-electron chi connectivity index (χ4n) is 4.74. The molecule has 5 nitrogen and oxygen atoms in total. The molecule has 0 bridgehead atoms. The summed E-state index contributed by atoms with van der Waals surface area (Å²) in [6, 6.07) is 6.22. The highest BCUT2D eigenvalue weighted by Crippen LogP contribution is 2.30. The Morgan fingerprint density at radius 2 is 1.84 bits per heavy atom. The number of likely N-dealkylation sites (tertiary alicyclic amines) is 2. The van der Waals surface area contributed by atoms with Gasteiger partial charge in [0, 0.05) is 52.1 Å². The maximum atomic E-state index is 13.0. The first-order chi connectivity index (χ1) is 14.8. The van der Waals surface area contributed by atoms with Gasteiger partial charge in [0.1, 0.15) is 0 Å². The van der Waals surface area contributed by atoms with E-state index in [-0.39, 0.29) is 17.7 Å². The first kappa shape index (κ1) is 24.3. The van der Waals surface area contributed by atoms with Gasteiger partial charge in [-0.3, -0.25) is 9.59 Å². The van der Waals surface area contributed by atoms with Crippen molar-refractivity contribution in [2.24, 2.45) is 5.92 Å². The van der Waals surface area contributed by atoms with Crippen molar-refractivity contribution in [1.82, 2.24) is 14.7 Å². The number of piperidine rings is 2. The minimum absolute atomic E-state index is 0.0473. The van der Waals surface area contributed by atoms with Crippen molar-refractivity contribution in [3.63, 3.8) is 0 Å². The van der Waals surface area contributed by atoms with Crippen LogP contribution in [0.4, 0.5) is 0 Å². The van der Waals surface area contributed by atoms with Crippen LogP contribution in [-0.4, -0.2) is 72.8 Å². The van der Waals surface area contributed by atoms with Crippen LogP contribution in [0.1, 0.15) is 56.9 Å². The molecule has 172 valence electrons. The minimum Gasteiger partial charge on any atom is -0.349 e. The standard InChI is InChI=1S/C24H35Cl2N3O2/c1-17(18-6-7-21(25)22(26)15-18)8-12-28-13-9-20(10-14-28)29-11-4-5-19(24(29)31)16-23(30)27(2)3/h6-7,15,17,19-20H,4-5,8-14,16H2,1-3H3. The molecule has 2 aliphatic heterocycles. The highest BCUT2D eigenvalue weighted by atomic mass is 35.5. The third-order valence-corrected chi connectivity index (χ3v) is 7.63. The van der Waals surface area contributed by atoms with Crippen LogP contribution in [0.5, 0.6) is 0 Å². The summed E-state index contributed by atoms with van der Waals surface area (Å²) in [5.41, 5.74) is 1.22. The summed E-state index contributed by atoms with van der Waals surface area (Å²) in [6.45, 7) is 6.15. The van der Waals surface area contributed by atoms with E-state index in [1.54, 1.807) is 19.0 Å². The lowest BCUT2D eigenvalue weighted by Crippen LogP contribution is -2.52. The number of carbonyl (C=O) groups excluding carboxylic acids is 2. The molecule has 0 radical (unpaired) electrons. The van der Waals surface area contributed by atoms with E-state index < -0.39 is 0 Å². The molecule has 31 heavy (non-hydrogen) atoms. The quantitative estimate of drug-likeness (QED) is 0.584. The second kappa shape index (κ2) is 11.0. The topological polar surface area (TPSA) is 43.9 Å². The Labute approximate surface area is 196 Å². The summed E-state index contributed by atoms with van der Waals surface area (Å²) in [7, 11) is 3.51. The van der Waals surface area contributed by atoms with Crippen molar-refractivity contribution in [2.75, 3.05) is 40.3 Å². The SMILES string of the molecule is CC(CCN1CCC(N2CCCC(CC(=O)N(C)C)C2=O)CC1)c1ccc(Cl)c(Cl)c1. The van der Waals surface area contributed by atoms with Gasteiger partial charge in [-0.15, -0.1) is 0 Å². The zero-order valence-electron chi connectivity index (χ0n) is 18.9. The summed E-state index contributed by atoms with van der Waals surface area (Å²) < 4.78 is 0. The van der Waals surface area contributed by atoms with Gasteiger partial charge in [0.15, 0.2) is 0 Å². The zero-order valence-corrected chi connectivity index (χ0v) is 20.5. The van der Waals surface area contributed by atoms with Crippen LogP contribution in [0.15, 0.2) is 18.2 Å². The van der Waals surface area contributed by atoms with Gasteiger partial charge in [-0.1, -0.05) is 36.2 Å². The first-order valence-electron chi connectivity index (χ1n) is 11.4. The Morgan fingerprint density at radius 1 is 1.13 bits per heavy atom. The summed E-state index contributed by atoms with van der Waals surface area (Å²) >= 11 is 12.2. The van der Waals surface area contributed by atoms with Crippen LogP contribution in [0.3, 0.4) is 0 Å². The van der Waals surface area contributed by atoms with Crippen molar-refractivity contribution in [2.45, 2.75) is 57.4 Å². The highest BCUT2D eigenvalue weighted by Gasteiger charge is 2.35. The molecule has 2 atom stereocenters. The summed E-state index contributed by atoms with van der Waals surface area (Å²) in [6.07, 6.45) is 5.27. The van der Waals surface area contributed by atoms with E-state index in [0.717, 1.165) is 58.3 Å². The van der Waals surface area contributed by atoms with Crippen LogP contribution in [0.2, 0.25) is 10.0 Å². The molecule has 0 aromatic heterocycles. The number of carbonyl (C=O) groups is 2. The minimum atomic E-state index is -0.145. The molecule has 1 aromatic rings. The van der Waals surface area contributed by atoms with E-state index in [2.05, 4.69) is 22.8 Å². The third-order valence-electron chi connectivity index (χ3n) is 6.89. The predicted octanol–water partition coefficient (Wildman–Crippen LogP) is 4.67. The number of amides is 2. The first-order valence-corrected chi connectivity index (χ1v) is 12.2. The van der Waals surface area contributed by atoms with Gasteiger partial charge in [0.25, 0.3) is 0 Å². The smallest absolute Gasteiger partial charge is 0.226 e. The van der Waals surface area contributed by atoms with Gasteiger partial charge in [-0.05, 0) is 62.3 Å². The van der Waals surface area contributed by atoms with Crippen molar-refractivity contribution < 1.29 is 9.59 Å². The number of benzene rings is 1. The second-order valence-corrected chi connectivity index (χ2v) is 10.1. The Balaban J connectivity index is 1.46. The summed E-state index contributed by atoms with van der Waals surface area (Å²) in [5.74, 6) is 0.513. The lowest BCUT2D eigenvalue weighted by Gasteiger charge is -2.42. The molecule has 2 amide bonds. The Morgan fingerprint density at radius 3 is 2.48 bits per heavy atom. The van der Waals surface area contributed by atoms with E-state index >= 15 is 0 Å². The lowest BCUT2D eigenvalue weighted by atomic mass is 9.90. The number of hydrogen-bond acceptors (Lipinski definition) is 3. The number of rotatable bonds is 7. The van der Waals surface area contributed by atoms with Gasteiger partial charge < -0.3 is 14.7 Å². The van der Waals surface area contributed by atoms with Gasteiger partial charge in [-0.25, -0.2) is 0 Å². The second-order valence-electron chi connectivity index (χ2n) is 9.30. The summed E-state index contributed by atoms with van der Waals surface area (Å²) in [5, 5.41) is 1.21. The van der Waals surface area contributed by atoms with Crippen LogP contribution >= 0.6 is 23.2 Å². The van der Waals surface area contributed by atoms with Crippen LogP contribution < -0.4 is 0 Å². The molecule has 2 aliphatic rings. The average molecular weight is 468 g/mol. The molecular formula is C24H35Cl2N3O2. The van der Waals surface area contributed by atoms with Crippen LogP contribution in [0.25, 0.3) is 0 Å². The monoisotopic (exact) mass is 467 g/mol. The van der Waals surface area contributed by atoms with Crippen LogP contribution in [-0.2, 0) is 9.59 Å². The largest absolute Gasteiger partial charge is 0.349 e. The molecule has 0 aliphatic carbocycles. The summed E-state index contributed by atoms with van der Waals surface area (Å²) in [4.78, 5) is 31.3. The van der Waals surface area contributed by atoms with E-state index in [1.165, 1.54) is 5.56 Å². The fraction of sp³-hybridized carbons (Fsp3) is 0.667. The van der Waals surface area contributed by atoms with Crippen LogP contribution in [0, 0.1) is 5.92 Å². The number of hydrogen-bond donors (Lipinski definition) is 0. The van der Waals surface area contributed by atoms with Crippen molar-refractivity contribution >= 4 is 35.0 Å². The van der Waals surface area contributed by atoms with Crippen molar-refractivity contribution in [3.8, 4) is 0 Å². The maximum Gasteiger partial charge on any atom is 0.226 e. The Hall–Kier alpha value is -1.30. The lowest BCUT2D eigenvalue weighted by molar-refractivity contribution is -0.146. The average Bonchev–Trinajstić information content (AvgIpc) is 2.75. The van der Waals surface area contributed by atoms with E-state index in [0.29, 0.717) is 28.4 Å². The predicted molar refractivity (Wildman–Crippen MR) is 127 cm³/mol. The normalized spacial score (nSPS) is 21.9. The number of halogens is 2. The molecular weight excluding hydrogens is 433 g/mol. The van der Waals surface area contributed by atoms with E-state index in [4.69, 9.17) is 23.2 Å². The van der Waals surface area contributed by atoms with E-state index in [1.807, 2.05) is 12.1 Å². The van der Waals surface area contributed by atoms with Gasteiger partial charge in [0.2, 0.25) is 11.8 Å². The molecule has 0 spiro atoms. The molecule has 2 heterocycles. The zero-order chi connectivity index (χ0) is 22.5. The van der Waals surface area contributed by atoms with Gasteiger partial charge in [-0.2, -0.15) is 0 Å². The van der Waals surface area contributed by atoms with Gasteiger partial charge in [0.05, 0.1) is 10.0 Å². The van der Waals surface area contributed by atoms with Crippen molar-refractivity contribution in [3.05, 3.63) is 33.8 Å². The molecule has 2 saturated heterocycles. The molecule has 0 N–H and O–H groups in total. The molecule has 2 unspecified atom stereocenters. The van der Waals surface area contributed by atoms with E-state index in [9.17, 15) is 9.59 Å². The number of nitrogens with zero attached hydrogens (tertiary/aromatic N) is 3. The molecule has 0 saturated carbocycles. The molecule has 1 aromatic carbocycles.